The van der Waals surface area contributed by atoms with Gasteiger partial charge in [-0.05, 0) is 55.6 Å². The molecule has 1 saturated carbocycles. The zero-order chi connectivity index (χ0) is 32.8. The van der Waals surface area contributed by atoms with Crippen LogP contribution in [0.1, 0.15) is 80.6 Å². The number of fused-ring (bicyclic) bond motifs is 1. The van der Waals surface area contributed by atoms with Gasteiger partial charge in [0.2, 0.25) is 17.7 Å². The van der Waals surface area contributed by atoms with E-state index in [1.807, 2.05) is 13.1 Å². The monoisotopic (exact) mass is 649 g/mol. The number of amides is 3. The number of hydrogen-bond donors (Lipinski definition) is 2. The lowest BCUT2D eigenvalue weighted by Gasteiger charge is -2.36. The van der Waals surface area contributed by atoms with E-state index in [9.17, 15) is 19.2 Å². The molecule has 46 heavy (non-hydrogen) atoms. The molecule has 3 heterocycles. The summed E-state index contributed by atoms with van der Waals surface area (Å²) in [7, 11) is 2.00. The Labute approximate surface area is 273 Å². The van der Waals surface area contributed by atoms with E-state index < -0.39 is 23.7 Å². The van der Waals surface area contributed by atoms with Crippen LogP contribution in [-0.4, -0.2) is 77.6 Å². The van der Waals surface area contributed by atoms with E-state index in [1.54, 1.807) is 42.5 Å². The van der Waals surface area contributed by atoms with Gasteiger partial charge in [0.05, 0.1) is 5.69 Å². The summed E-state index contributed by atoms with van der Waals surface area (Å²) in [6.07, 6.45) is 6.76. The predicted molar refractivity (Wildman–Crippen MR) is 178 cm³/mol. The number of halogens is 1. The smallest absolute Gasteiger partial charge is 0.245 e. The first-order valence-corrected chi connectivity index (χ1v) is 17.3. The number of benzene rings is 1. The molecule has 0 unspecified atom stereocenters. The highest BCUT2D eigenvalue weighted by atomic mass is 32.1. The number of hydrogen-bond acceptors (Lipinski definition) is 7. The molecular weight excluding hydrogens is 605 g/mol. The average molecular weight is 650 g/mol. The van der Waals surface area contributed by atoms with Gasteiger partial charge in [-0.25, -0.2) is 9.37 Å². The number of thiophene rings is 1. The topological polar surface area (TPSA) is 112 Å². The molecular formula is C35H44FN5O4S. The summed E-state index contributed by atoms with van der Waals surface area (Å²) < 4.78 is 15.7. The molecule has 0 spiro atoms. The third-order valence-corrected chi connectivity index (χ3v) is 10.5. The predicted octanol–water partition coefficient (Wildman–Crippen LogP) is 5.62. The molecule has 11 heteroatoms. The molecule has 3 atom stereocenters. The summed E-state index contributed by atoms with van der Waals surface area (Å²) in [5.74, 6) is -2.61. The minimum Gasteiger partial charge on any atom is -0.344 e. The van der Waals surface area contributed by atoms with Crippen molar-refractivity contribution in [3.63, 3.8) is 0 Å². The maximum Gasteiger partial charge on any atom is 0.245 e. The number of carbonyl (C=O) groups is 4. The van der Waals surface area contributed by atoms with Gasteiger partial charge in [0.1, 0.15) is 16.7 Å². The van der Waals surface area contributed by atoms with Crippen molar-refractivity contribution in [2.75, 3.05) is 38.5 Å². The van der Waals surface area contributed by atoms with E-state index in [1.165, 1.54) is 23.5 Å². The van der Waals surface area contributed by atoms with Crippen LogP contribution in [0, 0.1) is 17.7 Å². The molecule has 1 aromatic carbocycles. The molecule has 1 saturated heterocycles. The average Bonchev–Trinajstić information content (AvgIpc) is 3.51. The Bertz CT molecular complexity index is 1560. The quantitative estimate of drug-likeness (QED) is 0.261. The fourth-order valence-corrected chi connectivity index (χ4v) is 7.55. The number of likely N-dealkylation sites (N-methyl/N-ethyl adjacent to an activating group) is 1. The van der Waals surface area contributed by atoms with Crippen LogP contribution in [0.25, 0.3) is 10.2 Å². The number of nitrogens with one attached hydrogen (secondary N) is 2. The number of anilines is 1. The van der Waals surface area contributed by atoms with E-state index in [0.29, 0.717) is 24.2 Å². The highest BCUT2D eigenvalue weighted by molar-refractivity contribution is 7.17. The summed E-state index contributed by atoms with van der Waals surface area (Å²) in [4.78, 5) is 62.3. The second-order valence-corrected chi connectivity index (χ2v) is 13.5. The van der Waals surface area contributed by atoms with Gasteiger partial charge < -0.3 is 20.4 Å². The fraction of sp³-hybridized carbons (Fsp3) is 0.514. The number of pyridine rings is 1. The van der Waals surface area contributed by atoms with Gasteiger partial charge in [-0.15, -0.1) is 11.3 Å². The highest BCUT2D eigenvalue weighted by Gasteiger charge is 2.35. The molecule has 246 valence electrons. The van der Waals surface area contributed by atoms with Crippen molar-refractivity contribution in [1.29, 1.82) is 0 Å². The Morgan fingerprint density at radius 1 is 1.07 bits per heavy atom. The summed E-state index contributed by atoms with van der Waals surface area (Å²) >= 11 is 1.41. The van der Waals surface area contributed by atoms with Crippen LogP contribution in [0.15, 0.2) is 41.9 Å². The number of ketones is 1. The van der Waals surface area contributed by atoms with Crippen LogP contribution in [0.4, 0.5) is 10.1 Å². The largest absolute Gasteiger partial charge is 0.344 e. The molecule has 3 aromatic rings. The second-order valence-electron chi connectivity index (χ2n) is 12.7. The van der Waals surface area contributed by atoms with E-state index in [4.69, 9.17) is 0 Å². The Morgan fingerprint density at radius 3 is 2.50 bits per heavy atom. The molecule has 5 rings (SSSR count). The Balaban J connectivity index is 1.33. The number of Topliss-reactive ketones (excluding diaryl/α,β-unsaturated/α-hetero) is 1. The first-order valence-electron chi connectivity index (χ1n) is 16.4. The van der Waals surface area contributed by atoms with Gasteiger partial charge in [-0.3, -0.25) is 19.2 Å². The zero-order valence-electron chi connectivity index (χ0n) is 26.9. The number of carbonyl (C=O) groups excluding carboxylic acids is 4. The third kappa shape index (κ3) is 7.81. The van der Waals surface area contributed by atoms with Gasteiger partial charge >= 0.3 is 0 Å². The SMILES string of the molecule is CCC(=O)N[C@@H](C(=O)N1CCN(C)CC1)[C@@H](C)c1ccc(NC(=O)[C@@H](CC(=O)c2csc3ncccc23)C2CCCCC2)c(F)c1. The Morgan fingerprint density at radius 2 is 1.80 bits per heavy atom. The lowest BCUT2D eigenvalue weighted by atomic mass is 9.77. The molecule has 2 fully saturated rings. The van der Waals surface area contributed by atoms with Crippen molar-refractivity contribution in [2.45, 2.75) is 70.8 Å². The minimum atomic E-state index is -0.847. The third-order valence-electron chi connectivity index (χ3n) is 9.61. The molecule has 0 radical (unpaired) electrons. The van der Waals surface area contributed by atoms with E-state index in [-0.39, 0.29) is 48.0 Å². The van der Waals surface area contributed by atoms with Crippen LogP contribution in [0.2, 0.25) is 0 Å². The number of piperazine rings is 1. The Kier molecular flexibility index (Phi) is 11.2. The van der Waals surface area contributed by atoms with Gasteiger partial charge in [-0.1, -0.05) is 39.2 Å². The van der Waals surface area contributed by atoms with Gasteiger partial charge in [0.15, 0.2) is 5.78 Å². The first kappa shape index (κ1) is 33.7. The lowest BCUT2D eigenvalue weighted by Crippen LogP contribution is -2.55. The van der Waals surface area contributed by atoms with E-state index >= 15 is 4.39 Å². The number of rotatable bonds is 11. The summed E-state index contributed by atoms with van der Waals surface area (Å²) in [6.45, 7) is 6.13. The minimum absolute atomic E-state index is 0.0268. The maximum atomic E-state index is 15.7. The normalized spacial score (nSPS) is 18.1. The first-order chi connectivity index (χ1) is 22.2. The van der Waals surface area contributed by atoms with Crippen LogP contribution in [0.5, 0.6) is 0 Å². The molecule has 2 N–H and O–H groups in total. The van der Waals surface area contributed by atoms with Crippen molar-refractivity contribution in [1.82, 2.24) is 20.1 Å². The van der Waals surface area contributed by atoms with Crippen molar-refractivity contribution in [3.8, 4) is 0 Å². The van der Waals surface area contributed by atoms with Gasteiger partial charge in [0, 0.05) is 73.4 Å². The molecule has 9 nitrogen and oxygen atoms in total. The van der Waals surface area contributed by atoms with Crippen molar-refractivity contribution < 1.29 is 23.6 Å². The molecule has 3 amide bonds. The molecule has 2 aromatic heterocycles. The molecule has 2 aliphatic rings. The number of aromatic nitrogens is 1. The van der Waals surface area contributed by atoms with Crippen LogP contribution >= 0.6 is 11.3 Å². The fourth-order valence-electron chi connectivity index (χ4n) is 6.64. The summed E-state index contributed by atoms with van der Waals surface area (Å²) in [5, 5.41) is 8.24. The summed E-state index contributed by atoms with van der Waals surface area (Å²) in [5.41, 5.74) is 1.14. The van der Waals surface area contributed by atoms with Crippen LogP contribution < -0.4 is 10.6 Å². The highest BCUT2D eigenvalue weighted by Crippen LogP contribution is 2.35. The molecule has 0 bridgehead atoms. The van der Waals surface area contributed by atoms with Crippen molar-refractivity contribution >= 4 is 50.7 Å². The van der Waals surface area contributed by atoms with Crippen LogP contribution in [-0.2, 0) is 14.4 Å². The Hall–Kier alpha value is -3.70. The van der Waals surface area contributed by atoms with E-state index in [2.05, 4.69) is 20.5 Å². The lowest BCUT2D eigenvalue weighted by molar-refractivity contribution is -0.138. The molecule has 1 aliphatic carbocycles. The zero-order valence-corrected chi connectivity index (χ0v) is 27.7. The van der Waals surface area contributed by atoms with Crippen LogP contribution in [0.3, 0.4) is 0 Å². The standard InChI is InChI=1S/C35H44FN5O4S/c1-4-31(43)39-32(35(45)41-17-15-40(3)16-18-41)22(2)24-12-13-29(28(36)19-24)38-33(44)26(23-9-6-5-7-10-23)20-30(42)27-21-46-34-25(27)11-8-14-37-34/h8,11-14,19,21-23,26,32H,4-7,9-10,15-18,20H2,1-3H3,(H,38,44)(H,39,43)/t22-,26-,32+/m0/s1. The van der Waals surface area contributed by atoms with Gasteiger partial charge in [-0.2, -0.15) is 0 Å². The molecule has 1 aliphatic heterocycles. The maximum absolute atomic E-state index is 15.7. The summed E-state index contributed by atoms with van der Waals surface area (Å²) in [6, 6.07) is 7.35. The van der Waals surface area contributed by atoms with Crippen molar-refractivity contribution in [3.05, 3.63) is 58.9 Å². The van der Waals surface area contributed by atoms with E-state index in [0.717, 1.165) is 55.4 Å². The number of nitrogens with zero attached hydrogens (tertiary/aromatic N) is 3. The van der Waals surface area contributed by atoms with Gasteiger partial charge in [0.25, 0.3) is 0 Å². The second kappa shape index (κ2) is 15.3. The van der Waals surface area contributed by atoms with Crippen molar-refractivity contribution in [2.24, 2.45) is 11.8 Å².